The molecule has 1 heteroatoms. The molecule has 0 aromatic carbocycles. The molecule has 1 radical (unpaired) electrons. The lowest BCUT2D eigenvalue weighted by molar-refractivity contribution is 0.117. The van der Waals surface area contributed by atoms with E-state index in [0.29, 0.717) is 6.42 Å². The van der Waals surface area contributed by atoms with Gasteiger partial charge in [-0.2, -0.15) is 0 Å². The Morgan fingerprint density at radius 1 is 1.86 bits per heavy atom. The summed E-state index contributed by atoms with van der Waals surface area (Å²) >= 11 is 0. The van der Waals surface area contributed by atoms with E-state index in [0.717, 1.165) is 5.57 Å². The van der Waals surface area contributed by atoms with Gasteiger partial charge in [0.1, 0.15) is 6.10 Å². The lowest BCUT2D eigenvalue weighted by atomic mass is 10.1. The largest absolute Gasteiger partial charge is 0.228 e. The normalized spacial score (nSPS) is 13.6. The maximum atomic E-state index is 10.5. The van der Waals surface area contributed by atoms with Crippen LogP contribution in [0.5, 0.6) is 0 Å². The fourth-order valence-electron chi connectivity index (χ4n) is 0.348. The van der Waals surface area contributed by atoms with Crippen molar-refractivity contribution in [2.45, 2.75) is 26.4 Å². The monoisotopic (exact) mass is 99.1 g/mol. The molecule has 0 fully saturated rings. The summed E-state index contributed by atoms with van der Waals surface area (Å²) < 4.78 is 0. The van der Waals surface area contributed by atoms with Gasteiger partial charge < -0.3 is 0 Å². The van der Waals surface area contributed by atoms with Crippen molar-refractivity contribution in [2.75, 3.05) is 0 Å². The molecular formula is C6H11O. The summed E-state index contributed by atoms with van der Waals surface area (Å²) in [6.07, 6.45) is 0.120. The van der Waals surface area contributed by atoms with Gasteiger partial charge in [-0.3, -0.25) is 0 Å². The van der Waals surface area contributed by atoms with Crippen LogP contribution < -0.4 is 0 Å². The van der Waals surface area contributed by atoms with Crippen molar-refractivity contribution in [3.8, 4) is 0 Å². The summed E-state index contributed by atoms with van der Waals surface area (Å²) in [7, 11) is 0. The second-order valence-electron chi connectivity index (χ2n) is 1.74. The minimum atomic E-state index is -0.542. The Kier molecular flexibility index (Phi) is 2.68. The summed E-state index contributed by atoms with van der Waals surface area (Å²) in [6, 6.07) is 0. The predicted octanol–water partition coefficient (Wildman–Crippen LogP) is 1.77. The molecule has 1 unspecified atom stereocenters. The van der Waals surface area contributed by atoms with Crippen molar-refractivity contribution >= 4 is 0 Å². The molecule has 7 heavy (non-hydrogen) atoms. The molecule has 0 rings (SSSR count). The summed E-state index contributed by atoms with van der Waals surface area (Å²) in [5.41, 5.74) is 0.738. The maximum Gasteiger partial charge on any atom is 0.113 e. The van der Waals surface area contributed by atoms with E-state index in [1.807, 2.05) is 6.92 Å². The molecule has 0 aliphatic heterocycles. The fourth-order valence-corrected chi connectivity index (χ4v) is 0.348. The predicted molar refractivity (Wildman–Crippen MR) is 29.6 cm³/mol. The second-order valence-corrected chi connectivity index (χ2v) is 1.74. The van der Waals surface area contributed by atoms with Crippen LogP contribution in [-0.4, -0.2) is 6.10 Å². The molecule has 41 valence electrons. The van der Waals surface area contributed by atoms with Gasteiger partial charge in [-0.15, -0.1) is 0 Å². The first-order chi connectivity index (χ1) is 3.18. The van der Waals surface area contributed by atoms with Gasteiger partial charge in [0.25, 0.3) is 0 Å². The smallest absolute Gasteiger partial charge is 0.113 e. The Morgan fingerprint density at radius 3 is 2.29 bits per heavy atom. The first-order valence-electron chi connectivity index (χ1n) is 2.49. The molecule has 0 heterocycles. The molecular weight excluding hydrogens is 88.1 g/mol. The van der Waals surface area contributed by atoms with Gasteiger partial charge in [-0.1, -0.05) is 13.5 Å². The van der Waals surface area contributed by atoms with E-state index in [-0.39, 0.29) is 0 Å². The van der Waals surface area contributed by atoms with Crippen molar-refractivity contribution < 1.29 is 5.11 Å². The van der Waals surface area contributed by atoms with E-state index in [1.165, 1.54) is 0 Å². The van der Waals surface area contributed by atoms with Crippen molar-refractivity contribution in [1.82, 2.24) is 0 Å². The summed E-state index contributed by atoms with van der Waals surface area (Å²) in [5.74, 6) is 0. The minimum Gasteiger partial charge on any atom is -0.228 e. The number of hydrogen-bond acceptors (Lipinski definition) is 0. The topological polar surface area (TPSA) is 19.9 Å². The lowest BCUT2D eigenvalue weighted by Crippen LogP contribution is -2.01. The Morgan fingerprint density at radius 2 is 2.29 bits per heavy atom. The Hall–Kier alpha value is -0.300. The minimum absolute atomic E-state index is 0.542. The van der Waals surface area contributed by atoms with Gasteiger partial charge in [0.2, 0.25) is 0 Å². The molecule has 0 spiro atoms. The number of hydrogen-bond donors (Lipinski definition) is 0. The van der Waals surface area contributed by atoms with Crippen molar-refractivity contribution in [3.05, 3.63) is 12.2 Å². The van der Waals surface area contributed by atoms with Gasteiger partial charge >= 0.3 is 0 Å². The molecule has 1 atom stereocenters. The zero-order chi connectivity index (χ0) is 5.86. The average molecular weight is 99.2 g/mol. The Balaban J connectivity index is 3.34. The van der Waals surface area contributed by atoms with Crippen LogP contribution in [0.2, 0.25) is 0 Å². The van der Waals surface area contributed by atoms with Gasteiger partial charge in [0, 0.05) is 0 Å². The maximum absolute atomic E-state index is 10.5. The summed E-state index contributed by atoms with van der Waals surface area (Å²) in [5, 5.41) is 10.5. The first-order valence-corrected chi connectivity index (χ1v) is 2.49. The van der Waals surface area contributed by atoms with E-state index in [1.54, 1.807) is 6.92 Å². The third-order valence-corrected chi connectivity index (χ3v) is 0.920. The Bertz CT molecular complexity index is 66.6. The quantitative estimate of drug-likeness (QED) is 0.470. The average Bonchev–Trinajstić information content (AvgIpc) is 1.65. The van der Waals surface area contributed by atoms with Gasteiger partial charge in [-0.25, -0.2) is 5.11 Å². The first kappa shape index (κ1) is 6.70. The molecule has 0 amide bonds. The van der Waals surface area contributed by atoms with Crippen molar-refractivity contribution in [3.63, 3.8) is 0 Å². The molecule has 1 nitrogen and oxygen atoms in total. The third kappa shape index (κ3) is 2.40. The van der Waals surface area contributed by atoms with E-state index in [4.69, 9.17) is 0 Å². The SMILES string of the molecule is C=C(C)C([O])CC. The van der Waals surface area contributed by atoms with E-state index in [2.05, 4.69) is 6.58 Å². The highest BCUT2D eigenvalue weighted by Crippen LogP contribution is 2.00. The second kappa shape index (κ2) is 2.80. The van der Waals surface area contributed by atoms with Crippen molar-refractivity contribution in [1.29, 1.82) is 0 Å². The van der Waals surface area contributed by atoms with Crippen LogP contribution in [0.25, 0.3) is 0 Å². The molecule has 0 saturated carbocycles. The molecule has 0 bridgehead atoms. The molecule has 0 aliphatic rings. The van der Waals surface area contributed by atoms with E-state index < -0.39 is 6.10 Å². The molecule has 0 N–H and O–H groups in total. The molecule has 0 aromatic heterocycles. The molecule has 0 aromatic rings. The standard InChI is InChI=1S/C6H11O/c1-4-6(7)5(2)3/h6H,2,4H2,1,3H3. The zero-order valence-electron chi connectivity index (χ0n) is 4.90. The van der Waals surface area contributed by atoms with Gasteiger partial charge in [0.15, 0.2) is 0 Å². The van der Waals surface area contributed by atoms with Crippen LogP contribution in [0.1, 0.15) is 20.3 Å². The van der Waals surface area contributed by atoms with Gasteiger partial charge in [-0.05, 0) is 18.9 Å². The van der Waals surface area contributed by atoms with Crippen LogP contribution in [0.15, 0.2) is 12.2 Å². The van der Waals surface area contributed by atoms with Gasteiger partial charge in [0.05, 0.1) is 0 Å². The summed E-state index contributed by atoms with van der Waals surface area (Å²) in [6.45, 7) is 7.15. The fraction of sp³-hybridized carbons (Fsp3) is 0.667. The lowest BCUT2D eigenvalue weighted by Gasteiger charge is -1.99. The summed E-state index contributed by atoms with van der Waals surface area (Å²) in [4.78, 5) is 0. The van der Waals surface area contributed by atoms with Crippen LogP contribution in [0.4, 0.5) is 0 Å². The number of rotatable bonds is 2. The van der Waals surface area contributed by atoms with Crippen molar-refractivity contribution in [2.24, 2.45) is 0 Å². The van der Waals surface area contributed by atoms with Crippen LogP contribution in [-0.2, 0) is 5.11 Å². The molecule has 0 saturated heterocycles. The van der Waals surface area contributed by atoms with Crippen LogP contribution >= 0.6 is 0 Å². The highest BCUT2D eigenvalue weighted by atomic mass is 16.3. The zero-order valence-corrected chi connectivity index (χ0v) is 4.90. The third-order valence-electron chi connectivity index (χ3n) is 0.920. The highest BCUT2D eigenvalue weighted by Gasteiger charge is 1.99. The van der Waals surface area contributed by atoms with E-state index in [9.17, 15) is 5.11 Å². The highest BCUT2D eigenvalue weighted by molar-refractivity contribution is 4.95. The van der Waals surface area contributed by atoms with E-state index >= 15 is 0 Å². The molecule has 0 aliphatic carbocycles. The van der Waals surface area contributed by atoms with Crippen LogP contribution in [0.3, 0.4) is 0 Å². The van der Waals surface area contributed by atoms with Crippen LogP contribution in [0, 0.1) is 0 Å². The Labute approximate surface area is 44.7 Å².